The summed E-state index contributed by atoms with van der Waals surface area (Å²) >= 11 is 0.801. The maximum atomic E-state index is 12.9. The van der Waals surface area contributed by atoms with Crippen LogP contribution >= 0.6 is 33.3 Å². The molecule has 0 radical (unpaired) electrons. The molecular weight excluding hydrogens is 595 g/mol. The second-order valence-corrected chi connectivity index (χ2v) is 13.3. The molecule has 2 aliphatic heterocycles. The fourth-order valence-electron chi connectivity index (χ4n) is 3.88. The van der Waals surface area contributed by atoms with Crippen LogP contribution in [0.25, 0.3) is 10.4 Å². The van der Waals surface area contributed by atoms with E-state index in [2.05, 4.69) is 20.7 Å². The number of thioether (sulfide) groups is 1. The zero-order valence-electron chi connectivity index (χ0n) is 22.8. The number of nitrogens with one attached hydrogen (secondary N) is 2. The van der Waals surface area contributed by atoms with Gasteiger partial charge < -0.3 is 21.2 Å². The molecule has 41 heavy (non-hydrogen) atoms. The van der Waals surface area contributed by atoms with Crippen molar-refractivity contribution in [3.63, 3.8) is 0 Å². The third-order valence-corrected chi connectivity index (χ3v) is 9.92. The molecule has 14 nitrogen and oxygen atoms in total. The highest BCUT2D eigenvalue weighted by molar-refractivity contribution is 8.77. The number of hydrogen-bond donors (Lipinski definition) is 3. The van der Waals surface area contributed by atoms with Gasteiger partial charge in [-0.1, -0.05) is 44.9 Å². The first-order valence-corrected chi connectivity index (χ1v) is 16.9. The first-order valence-electron chi connectivity index (χ1n) is 13.5. The van der Waals surface area contributed by atoms with Crippen molar-refractivity contribution in [2.75, 3.05) is 30.3 Å². The molecule has 17 heteroatoms. The molecule has 1 unspecified atom stereocenters. The zero-order valence-corrected chi connectivity index (χ0v) is 25.3. The lowest BCUT2D eigenvalue weighted by atomic mass is 9.98. The number of rotatable bonds is 19. The Bertz CT molecular complexity index is 988. The van der Waals surface area contributed by atoms with E-state index in [1.165, 1.54) is 0 Å². The van der Waals surface area contributed by atoms with Gasteiger partial charge in [-0.2, -0.15) is 0 Å². The third kappa shape index (κ3) is 13.8. The summed E-state index contributed by atoms with van der Waals surface area (Å²) in [5.41, 5.74) is 14.5. The van der Waals surface area contributed by atoms with Gasteiger partial charge in [-0.25, -0.2) is 4.79 Å². The number of hydroxylamine groups is 2. The van der Waals surface area contributed by atoms with Gasteiger partial charge in [0.2, 0.25) is 16.9 Å². The van der Waals surface area contributed by atoms with Crippen LogP contribution in [0.2, 0.25) is 0 Å². The second kappa shape index (κ2) is 18.9. The second-order valence-electron chi connectivity index (χ2n) is 9.75. The maximum absolute atomic E-state index is 12.9. The molecule has 0 aromatic heterocycles. The van der Waals surface area contributed by atoms with E-state index in [9.17, 15) is 28.8 Å². The minimum absolute atomic E-state index is 0.0670. The molecule has 2 heterocycles. The van der Waals surface area contributed by atoms with Gasteiger partial charge in [-0.15, -0.1) is 5.06 Å². The molecule has 0 saturated carbocycles. The number of nitrogens with two attached hydrogens (primary N) is 1. The molecule has 0 spiro atoms. The van der Waals surface area contributed by atoms with E-state index in [-0.39, 0.29) is 42.9 Å². The van der Waals surface area contributed by atoms with Gasteiger partial charge in [0, 0.05) is 66.5 Å². The number of unbranched alkanes of at least 4 members (excludes halogenated alkanes) is 3. The number of amides is 4. The van der Waals surface area contributed by atoms with Gasteiger partial charge in [-0.05, 0) is 37.6 Å². The van der Waals surface area contributed by atoms with Crippen LogP contribution in [0.5, 0.6) is 0 Å². The minimum Gasteiger partial charge on any atom is -0.356 e. The summed E-state index contributed by atoms with van der Waals surface area (Å²) in [5.74, 6) is -1.02. The van der Waals surface area contributed by atoms with Crippen molar-refractivity contribution in [1.82, 2.24) is 15.7 Å². The van der Waals surface area contributed by atoms with Crippen molar-refractivity contribution in [2.45, 2.75) is 82.2 Å². The molecule has 2 aliphatic rings. The topological polar surface area (TPSA) is 214 Å². The SMILES string of the molecule is [N-]=[N+]=NCCCCCC(=O)NC(CC(=O)ON1C(=O)CCC1=O)C(=O)SCCC(=O)NCCCCC1(N)CSSC1. The monoisotopic (exact) mass is 631 g/mol. The Morgan fingerprint density at radius 1 is 1.05 bits per heavy atom. The molecule has 0 aliphatic carbocycles. The Labute approximate surface area is 250 Å². The number of carbonyl (C=O) groups is 6. The predicted molar refractivity (Wildman–Crippen MR) is 157 cm³/mol. The number of hydrogen-bond acceptors (Lipinski definition) is 12. The number of nitrogens with zero attached hydrogens (tertiary/aromatic N) is 4. The minimum atomic E-state index is -1.27. The molecule has 0 aromatic carbocycles. The van der Waals surface area contributed by atoms with Crippen LogP contribution in [0.1, 0.15) is 70.6 Å². The van der Waals surface area contributed by atoms with Crippen LogP contribution in [0.4, 0.5) is 0 Å². The van der Waals surface area contributed by atoms with Crippen LogP contribution in [-0.4, -0.2) is 81.7 Å². The number of azide groups is 1. The average molecular weight is 632 g/mol. The lowest BCUT2D eigenvalue weighted by Gasteiger charge is -2.21. The van der Waals surface area contributed by atoms with Crippen LogP contribution in [0.3, 0.4) is 0 Å². The smallest absolute Gasteiger partial charge is 0.335 e. The molecule has 0 bridgehead atoms. The fourth-order valence-corrected chi connectivity index (χ4v) is 7.88. The van der Waals surface area contributed by atoms with Crippen molar-refractivity contribution in [3.05, 3.63) is 10.4 Å². The largest absolute Gasteiger partial charge is 0.356 e. The van der Waals surface area contributed by atoms with Gasteiger partial charge in [-0.3, -0.25) is 24.0 Å². The van der Waals surface area contributed by atoms with E-state index in [1.54, 1.807) is 21.6 Å². The summed E-state index contributed by atoms with van der Waals surface area (Å²) in [5, 5.41) is 8.59. The first kappa shape index (κ1) is 34.7. The summed E-state index contributed by atoms with van der Waals surface area (Å²) in [7, 11) is 3.57. The fraction of sp³-hybridized carbons (Fsp3) is 0.750. The molecule has 4 N–H and O–H groups in total. The standard InChI is InChI=1S/C24H37N7O7S3/c25-24(15-40-41-16-24)10-3-5-11-27-18(32)9-13-39-23(37)17(29-19(33)6-2-1-4-12-28-30-26)14-22(36)38-31-20(34)7-8-21(31)35/h17H,1-16,25H2,(H,27,32)(H,29,33). The van der Waals surface area contributed by atoms with Crippen LogP contribution in [-0.2, 0) is 33.6 Å². The van der Waals surface area contributed by atoms with Gasteiger partial charge in [0.25, 0.3) is 11.8 Å². The maximum Gasteiger partial charge on any atom is 0.335 e. The summed E-state index contributed by atoms with van der Waals surface area (Å²) < 4.78 is 0. The quantitative estimate of drug-likeness (QED) is 0.0470. The first-order chi connectivity index (χ1) is 19.6. The van der Waals surface area contributed by atoms with E-state index in [0.29, 0.717) is 37.4 Å². The van der Waals surface area contributed by atoms with E-state index in [0.717, 1.165) is 42.5 Å². The van der Waals surface area contributed by atoms with Crippen LogP contribution in [0, 0.1) is 0 Å². The Kier molecular flexibility index (Phi) is 16.0. The van der Waals surface area contributed by atoms with Gasteiger partial charge in [0.05, 0.1) is 6.42 Å². The molecule has 228 valence electrons. The van der Waals surface area contributed by atoms with E-state index >= 15 is 0 Å². The molecule has 0 aromatic rings. The molecule has 1 atom stereocenters. The number of carbonyl (C=O) groups excluding carboxylic acids is 6. The van der Waals surface area contributed by atoms with E-state index in [1.807, 2.05) is 0 Å². The van der Waals surface area contributed by atoms with Crippen LogP contribution < -0.4 is 16.4 Å². The zero-order chi connectivity index (χ0) is 30.1. The lowest BCUT2D eigenvalue weighted by Crippen LogP contribution is -2.43. The summed E-state index contributed by atoms with van der Waals surface area (Å²) in [6.45, 7) is 0.825. The molecule has 2 saturated heterocycles. The van der Waals surface area contributed by atoms with Crippen molar-refractivity contribution in [3.8, 4) is 0 Å². The lowest BCUT2D eigenvalue weighted by molar-refractivity contribution is -0.197. The molecular formula is C24H37N7O7S3. The average Bonchev–Trinajstić information content (AvgIpc) is 3.50. The normalized spacial score (nSPS) is 16.7. The van der Waals surface area contributed by atoms with Crippen molar-refractivity contribution in [1.29, 1.82) is 0 Å². The summed E-state index contributed by atoms with van der Waals surface area (Å²) in [6.07, 6.45) is 3.73. The Morgan fingerprint density at radius 3 is 2.44 bits per heavy atom. The van der Waals surface area contributed by atoms with Crippen molar-refractivity contribution >= 4 is 68.1 Å². The highest BCUT2D eigenvalue weighted by Gasteiger charge is 2.34. The van der Waals surface area contributed by atoms with Gasteiger partial charge in [0.1, 0.15) is 6.04 Å². The summed E-state index contributed by atoms with van der Waals surface area (Å²) in [4.78, 5) is 80.9. The Balaban J connectivity index is 1.76. The predicted octanol–water partition coefficient (Wildman–Crippen LogP) is 2.37. The van der Waals surface area contributed by atoms with Crippen LogP contribution in [0.15, 0.2) is 5.11 Å². The third-order valence-electron chi connectivity index (χ3n) is 6.19. The molecule has 2 rings (SSSR count). The number of imide groups is 1. The highest BCUT2D eigenvalue weighted by Crippen LogP contribution is 2.38. The van der Waals surface area contributed by atoms with Gasteiger partial charge >= 0.3 is 5.97 Å². The van der Waals surface area contributed by atoms with E-state index < -0.39 is 41.3 Å². The van der Waals surface area contributed by atoms with Crippen molar-refractivity contribution in [2.24, 2.45) is 10.8 Å². The highest BCUT2D eigenvalue weighted by atomic mass is 33.1. The Hall–Kier alpha value is -2.46. The van der Waals surface area contributed by atoms with E-state index in [4.69, 9.17) is 16.1 Å². The molecule has 4 amide bonds. The summed E-state index contributed by atoms with van der Waals surface area (Å²) in [6, 6.07) is -1.27. The Morgan fingerprint density at radius 2 is 1.76 bits per heavy atom. The van der Waals surface area contributed by atoms with Gasteiger partial charge in [0.15, 0.2) is 0 Å². The van der Waals surface area contributed by atoms with Crippen molar-refractivity contribution < 1.29 is 33.6 Å². The molecule has 2 fully saturated rings.